The first-order chi connectivity index (χ1) is 10.7. The summed E-state index contributed by atoms with van der Waals surface area (Å²) in [5.74, 6) is 1.01. The highest BCUT2D eigenvalue weighted by Gasteiger charge is 2.05. The second-order valence-corrected chi connectivity index (χ2v) is 5.27. The summed E-state index contributed by atoms with van der Waals surface area (Å²) in [5.41, 5.74) is 4.21. The molecular formula is C19H17NO2. The van der Waals surface area contributed by atoms with Crippen LogP contribution >= 0.6 is 0 Å². The number of hydrogen-bond donors (Lipinski definition) is 1. The molecule has 0 atom stereocenters. The van der Waals surface area contributed by atoms with Gasteiger partial charge in [-0.1, -0.05) is 42.5 Å². The zero-order chi connectivity index (χ0) is 15.4. The molecule has 0 aromatic heterocycles. The Labute approximate surface area is 129 Å². The lowest BCUT2D eigenvalue weighted by atomic mass is 10.1. The first-order valence-electron chi connectivity index (χ1n) is 7.19. The number of Topliss-reactive ketones (excluding diaryl/α,β-unsaturated/α-hetero) is 1. The Hall–Kier alpha value is -2.81. The van der Waals surface area contributed by atoms with Crippen molar-refractivity contribution in [1.29, 1.82) is 0 Å². The van der Waals surface area contributed by atoms with E-state index in [9.17, 15) is 4.79 Å². The Morgan fingerprint density at radius 2 is 1.82 bits per heavy atom. The average Bonchev–Trinajstić information content (AvgIpc) is 2.53. The molecule has 3 heteroatoms. The number of benzene rings is 2. The van der Waals surface area contributed by atoms with E-state index in [1.54, 1.807) is 19.4 Å². The van der Waals surface area contributed by atoms with Crippen molar-refractivity contribution in [2.45, 2.75) is 13.3 Å². The maximum absolute atomic E-state index is 11.1. The molecule has 0 amide bonds. The molecule has 0 saturated carbocycles. The van der Waals surface area contributed by atoms with E-state index in [-0.39, 0.29) is 5.78 Å². The molecule has 0 bridgehead atoms. The van der Waals surface area contributed by atoms with Crippen LogP contribution in [0.1, 0.15) is 23.6 Å². The number of rotatable bonds is 4. The van der Waals surface area contributed by atoms with E-state index in [0.717, 1.165) is 28.1 Å². The summed E-state index contributed by atoms with van der Waals surface area (Å²) < 4.78 is 5.39. The highest BCUT2D eigenvalue weighted by Crippen LogP contribution is 2.29. The third-order valence-electron chi connectivity index (χ3n) is 3.41. The van der Waals surface area contributed by atoms with Crippen molar-refractivity contribution in [1.82, 2.24) is 0 Å². The maximum Gasteiger partial charge on any atom is 0.150 e. The fraction of sp³-hybridized carbons (Fsp3) is 0.105. The van der Waals surface area contributed by atoms with Crippen molar-refractivity contribution in [2.75, 3.05) is 5.32 Å². The van der Waals surface area contributed by atoms with Crippen LogP contribution < -0.4 is 10.1 Å². The van der Waals surface area contributed by atoms with Gasteiger partial charge in [-0.05, 0) is 35.7 Å². The lowest BCUT2D eigenvalue weighted by molar-refractivity contribution is -0.116. The molecule has 0 spiro atoms. The number of fused-ring (bicyclic) bond motifs is 1. The number of ether oxygens (including phenoxy) is 1. The molecule has 2 aromatic carbocycles. The zero-order valence-corrected chi connectivity index (χ0v) is 12.4. The first kappa shape index (κ1) is 14.1. The lowest BCUT2D eigenvalue weighted by Gasteiger charge is -2.13. The van der Waals surface area contributed by atoms with E-state index in [0.29, 0.717) is 6.42 Å². The Morgan fingerprint density at radius 3 is 2.59 bits per heavy atom. The summed E-state index contributed by atoms with van der Waals surface area (Å²) in [7, 11) is 0. The molecular weight excluding hydrogens is 274 g/mol. The van der Waals surface area contributed by atoms with E-state index in [2.05, 4.69) is 17.5 Å². The Balaban J connectivity index is 1.72. The van der Waals surface area contributed by atoms with E-state index >= 15 is 0 Å². The Morgan fingerprint density at radius 1 is 1.09 bits per heavy atom. The second-order valence-electron chi connectivity index (χ2n) is 5.27. The molecule has 110 valence electrons. The molecule has 0 fully saturated rings. The quantitative estimate of drug-likeness (QED) is 0.855. The summed E-state index contributed by atoms with van der Waals surface area (Å²) in [6.07, 6.45) is 8.00. The predicted molar refractivity (Wildman–Crippen MR) is 89.6 cm³/mol. The molecule has 1 aliphatic rings. The van der Waals surface area contributed by atoms with Crippen LogP contribution in [0.5, 0.6) is 5.75 Å². The normalized spacial score (nSPS) is 12.6. The van der Waals surface area contributed by atoms with Gasteiger partial charge in [-0.2, -0.15) is 0 Å². The van der Waals surface area contributed by atoms with Gasteiger partial charge < -0.3 is 10.1 Å². The highest BCUT2D eigenvalue weighted by atomic mass is 16.5. The molecule has 1 aliphatic heterocycles. The molecule has 3 rings (SSSR count). The van der Waals surface area contributed by atoms with Crippen LogP contribution in [-0.2, 0) is 11.2 Å². The van der Waals surface area contributed by atoms with Crippen molar-refractivity contribution < 1.29 is 9.53 Å². The zero-order valence-electron chi connectivity index (χ0n) is 12.4. The molecule has 0 radical (unpaired) electrons. The van der Waals surface area contributed by atoms with Crippen molar-refractivity contribution >= 4 is 23.6 Å². The molecule has 22 heavy (non-hydrogen) atoms. The summed E-state index contributed by atoms with van der Waals surface area (Å²) >= 11 is 0. The molecule has 2 aromatic rings. The van der Waals surface area contributed by atoms with Crippen molar-refractivity contribution in [2.24, 2.45) is 0 Å². The summed E-state index contributed by atoms with van der Waals surface area (Å²) in [5, 5.41) is 3.16. The van der Waals surface area contributed by atoms with Crippen LogP contribution in [0.3, 0.4) is 0 Å². The minimum Gasteiger partial charge on any atom is -0.461 e. The number of nitrogens with one attached hydrogen (secondary N) is 1. The van der Waals surface area contributed by atoms with Gasteiger partial charge in [0.15, 0.2) is 0 Å². The van der Waals surface area contributed by atoms with E-state index in [4.69, 9.17) is 4.74 Å². The van der Waals surface area contributed by atoms with Gasteiger partial charge in [0, 0.05) is 12.6 Å². The number of carbonyl (C=O) groups excluding carboxylic acids is 1. The van der Waals surface area contributed by atoms with E-state index in [1.807, 2.05) is 42.5 Å². The fourth-order valence-corrected chi connectivity index (χ4v) is 2.32. The van der Waals surface area contributed by atoms with E-state index < -0.39 is 0 Å². The van der Waals surface area contributed by atoms with Gasteiger partial charge in [-0.15, -0.1) is 0 Å². The summed E-state index contributed by atoms with van der Waals surface area (Å²) in [6, 6.07) is 14.0. The highest BCUT2D eigenvalue weighted by molar-refractivity contribution is 5.78. The van der Waals surface area contributed by atoms with Crippen LogP contribution in [0.2, 0.25) is 0 Å². The SMILES string of the molecule is CC(=O)Cc1ccc(C=Cc2ccc3c(c2)NC=CO3)cc1. The largest absolute Gasteiger partial charge is 0.461 e. The minimum atomic E-state index is 0.182. The first-order valence-corrected chi connectivity index (χ1v) is 7.19. The van der Waals surface area contributed by atoms with Crippen LogP contribution in [0, 0.1) is 0 Å². The van der Waals surface area contributed by atoms with Gasteiger partial charge in [0.2, 0.25) is 0 Å². The number of carbonyl (C=O) groups is 1. The topological polar surface area (TPSA) is 38.3 Å². The minimum absolute atomic E-state index is 0.182. The van der Waals surface area contributed by atoms with E-state index in [1.165, 1.54) is 0 Å². The fourth-order valence-electron chi connectivity index (χ4n) is 2.32. The smallest absolute Gasteiger partial charge is 0.150 e. The van der Waals surface area contributed by atoms with Crippen LogP contribution in [0.15, 0.2) is 54.9 Å². The molecule has 0 unspecified atom stereocenters. The van der Waals surface area contributed by atoms with Gasteiger partial charge in [0.1, 0.15) is 17.8 Å². The molecule has 3 nitrogen and oxygen atoms in total. The van der Waals surface area contributed by atoms with Crippen LogP contribution in [0.4, 0.5) is 5.69 Å². The number of hydrogen-bond acceptors (Lipinski definition) is 3. The monoisotopic (exact) mass is 291 g/mol. The van der Waals surface area contributed by atoms with Gasteiger partial charge in [-0.25, -0.2) is 0 Å². The third kappa shape index (κ3) is 3.44. The molecule has 0 aliphatic carbocycles. The maximum atomic E-state index is 11.1. The van der Waals surface area contributed by atoms with Gasteiger partial charge >= 0.3 is 0 Å². The summed E-state index contributed by atoms with van der Waals surface area (Å²) in [6.45, 7) is 1.61. The standard InChI is InChI=1S/C19H17NO2/c1-14(21)12-16-5-2-15(3-6-16)4-7-17-8-9-19-18(13-17)20-10-11-22-19/h2-11,13,20H,12H2,1H3. The average molecular weight is 291 g/mol. The predicted octanol–water partition coefficient (Wildman–Crippen LogP) is 4.26. The summed E-state index contributed by atoms with van der Waals surface area (Å²) in [4.78, 5) is 11.1. The van der Waals surface area contributed by atoms with Gasteiger partial charge in [0.05, 0.1) is 5.69 Å². The number of anilines is 1. The Bertz CT molecular complexity index is 743. The third-order valence-corrected chi connectivity index (χ3v) is 3.41. The molecule has 1 N–H and O–H groups in total. The molecule has 0 saturated heterocycles. The Kier molecular flexibility index (Phi) is 4.05. The van der Waals surface area contributed by atoms with Crippen molar-refractivity contribution in [3.05, 3.63) is 71.6 Å². The lowest BCUT2D eigenvalue weighted by Crippen LogP contribution is -1.99. The van der Waals surface area contributed by atoms with Gasteiger partial charge in [-0.3, -0.25) is 4.79 Å². The van der Waals surface area contributed by atoms with Gasteiger partial charge in [0.25, 0.3) is 0 Å². The second kappa shape index (κ2) is 6.31. The van der Waals surface area contributed by atoms with Crippen LogP contribution in [0.25, 0.3) is 12.2 Å². The molecule has 1 heterocycles. The van der Waals surface area contributed by atoms with Crippen molar-refractivity contribution in [3.8, 4) is 5.75 Å². The number of ketones is 1. The van der Waals surface area contributed by atoms with Crippen molar-refractivity contribution in [3.63, 3.8) is 0 Å². The van der Waals surface area contributed by atoms with Crippen LogP contribution in [-0.4, -0.2) is 5.78 Å².